The molecule has 1 aliphatic carbocycles. The Morgan fingerprint density at radius 3 is 2.38 bits per heavy atom. The van der Waals surface area contributed by atoms with Crippen molar-refractivity contribution in [2.45, 2.75) is 30.3 Å². The number of hydrogen-bond donors (Lipinski definition) is 2. The van der Waals surface area contributed by atoms with E-state index in [2.05, 4.69) is 10.0 Å². The molecule has 1 fully saturated rings. The smallest absolute Gasteiger partial charge is 0.251 e. The first kappa shape index (κ1) is 16.6. The van der Waals surface area contributed by atoms with Crippen LogP contribution in [-0.2, 0) is 16.6 Å². The lowest BCUT2D eigenvalue weighted by Gasteiger charge is -2.08. The normalized spacial score (nSPS) is 14.4. The molecule has 0 unspecified atom stereocenters. The predicted molar refractivity (Wildman–Crippen MR) is 87.4 cm³/mol. The van der Waals surface area contributed by atoms with Gasteiger partial charge in [-0.3, -0.25) is 4.79 Å². The standard InChI is InChI=1S/C17H17FN2O3S/c18-16-4-2-1-3-13(16)11-19-17(21)12-5-9-15(10-6-12)24(22,23)20-14-7-8-14/h1-6,9-10,14,20H,7-8,11H2,(H,19,21). The monoisotopic (exact) mass is 348 g/mol. The van der Waals surface area contributed by atoms with E-state index < -0.39 is 15.9 Å². The molecule has 1 aliphatic rings. The number of carbonyl (C=O) groups excluding carboxylic acids is 1. The molecule has 0 atom stereocenters. The number of carbonyl (C=O) groups is 1. The maximum atomic E-state index is 13.5. The summed E-state index contributed by atoms with van der Waals surface area (Å²) < 4.78 is 40.2. The summed E-state index contributed by atoms with van der Waals surface area (Å²) in [7, 11) is -3.53. The van der Waals surface area contributed by atoms with Crippen molar-refractivity contribution < 1.29 is 17.6 Å². The largest absolute Gasteiger partial charge is 0.348 e. The third-order valence-electron chi connectivity index (χ3n) is 3.72. The molecule has 0 bridgehead atoms. The van der Waals surface area contributed by atoms with Gasteiger partial charge < -0.3 is 5.32 Å². The minimum Gasteiger partial charge on any atom is -0.348 e. The van der Waals surface area contributed by atoms with Gasteiger partial charge in [-0.1, -0.05) is 18.2 Å². The highest BCUT2D eigenvalue weighted by Gasteiger charge is 2.27. The zero-order chi connectivity index (χ0) is 17.2. The third kappa shape index (κ3) is 3.98. The first-order chi connectivity index (χ1) is 11.5. The van der Waals surface area contributed by atoms with Crippen LogP contribution in [0, 0.1) is 5.82 Å². The molecule has 24 heavy (non-hydrogen) atoms. The number of sulfonamides is 1. The molecule has 126 valence electrons. The topological polar surface area (TPSA) is 75.3 Å². The van der Waals surface area contributed by atoms with Gasteiger partial charge in [0.25, 0.3) is 5.91 Å². The van der Waals surface area contributed by atoms with Gasteiger partial charge in [0.05, 0.1) is 4.90 Å². The van der Waals surface area contributed by atoms with Crippen molar-refractivity contribution in [2.75, 3.05) is 0 Å². The summed E-state index contributed by atoms with van der Waals surface area (Å²) in [4.78, 5) is 12.2. The SMILES string of the molecule is O=C(NCc1ccccc1F)c1ccc(S(=O)(=O)NC2CC2)cc1. The fraction of sp³-hybridized carbons (Fsp3) is 0.235. The van der Waals surface area contributed by atoms with Crippen LogP contribution in [0.2, 0.25) is 0 Å². The molecular formula is C17H17FN2O3S. The Balaban J connectivity index is 1.64. The number of nitrogens with one attached hydrogen (secondary N) is 2. The van der Waals surface area contributed by atoms with E-state index in [0.29, 0.717) is 11.1 Å². The van der Waals surface area contributed by atoms with Crippen LogP contribution >= 0.6 is 0 Å². The van der Waals surface area contributed by atoms with E-state index in [9.17, 15) is 17.6 Å². The van der Waals surface area contributed by atoms with Crippen molar-refractivity contribution in [3.8, 4) is 0 Å². The van der Waals surface area contributed by atoms with Gasteiger partial charge in [0.15, 0.2) is 0 Å². The molecule has 0 radical (unpaired) electrons. The Kier molecular flexibility index (Phi) is 4.64. The van der Waals surface area contributed by atoms with Crippen molar-refractivity contribution in [1.29, 1.82) is 0 Å². The maximum Gasteiger partial charge on any atom is 0.251 e. The Morgan fingerprint density at radius 1 is 1.08 bits per heavy atom. The van der Waals surface area contributed by atoms with E-state index in [-0.39, 0.29) is 23.3 Å². The number of amides is 1. The molecule has 5 nitrogen and oxygen atoms in total. The molecule has 0 spiro atoms. The van der Waals surface area contributed by atoms with Crippen LogP contribution in [0.25, 0.3) is 0 Å². The fourth-order valence-corrected chi connectivity index (χ4v) is 3.50. The van der Waals surface area contributed by atoms with Crippen LogP contribution in [0.4, 0.5) is 4.39 Å². The quantitative estimate of drug-likeness (QED) is 0.840. The Hall–Kier alpha value is -2.25. The van der Waals surface area contributed by atoms with E-state index in [0.717, 1.165) is 12.8 Å². The Labute approximate surface area is 139 Å². The van der Waals surface area contributed by atoms with Gasteiger partial charge in [-0.25, -0.2) is 17.5 Å². The third-order valence-corrected chi connectivity index (χ3v) is 5.26. The summed E-state index contributed by atoms with van der Waals surface area (Å²) in [5.41, 5.74) is 0.704. The van der Waals surface area contributed by atoms with Crippen LogP contribution in [-0.4, -0.2) is 20.4 Å². The minimum absolute atomic E-state index is 0.0266. The van der Waals surface area contributed by atoms with Crippen molar-refractivity contribution in [3.63, 3.8) is 0 Å². The average molecular weight is 348 g/mol. The first-order valence-corrected chi connectivity index (χ1v) is 9.08. The van der Waals surface area contributed by atoms with E-state index in [4.69, 9.17) is 0 Å². The van der Waals surface area contributed by atoms with Crippen LogP contribution in [0.5, 0.6) is 0 Å². The molecule has 2 N–H and O–H groups in total. The minimum atomic E-state index is -3.53. The molecule has 0 aromatic heterocycles. The van der Waals surface area contributed by atoms with Crippen LogP contribution in [0.3, 0.4) is 0 Å². The molecule has 3 rings (SSSR count). The summed E-state index contributed by atoms with van der Waals surface area (Å²) >= 11 is 0. The van der Waals surface area contributed by atoms with Gasteiger partial charge in [0.2, 0.25) is 10.0 Å². The molecule has 0 aliphatic heterocycles. The van der Waals surface area contributed by atoms with Crippen molar-refractivity contribution in [2.24, 2.45) is 0 Å². The predicted octanol–water partition coefficient (Wildman–Crippen LogP) is 2.20. The number of hydrogen-bond acceptors (Lipinski definition) is 3. The van der Waals surface area contributed by atoms with Crippen LogP contribution in [0.15, 0.2) is 53.4 Å². The van der Waals surface area contributed by atoms with Gasteiger partial charge in [-0.2, -0.15) is 0 Å². The molecule has 0 saturated heterocycles. The zero-order valence-corrected chi connectivity index (χ0v) is 13.6. The Morgan fingerprint density at radius 2 is 1.75 bits per heavy atom. The van der Waals surface area contributed by atoms with Crippen molar-refractivity contribution in [1.82, 2.24) is 10.0 Å². The van der Waals surface area contributed by atoms with Gasteiger partial charge in [-0.05, 0) is 43.2 Å². The van der Waals surface area contributed by atoms with E-state index >= 15 is 0 Å². The van der Waals surface area contributed by atoms with Gasteiger partial charge in [0, 0.05) is 23.7 Å². The molecule has 0 heterocycles. The average Bonchev–Trinajstić information content (AvgIpc) is 3.37. The summed E-state index contributed by atoms with van der Waals surface area (Å²) in [6.45, 7) is 0.0643. The van der Waals surface area contributed by atoms with Crippen LogP contribution < -0.4 is 10.0 Å². The van der Waals surface area contributed by atoms with Gasteiger partial charge in [0.1, 0.15) is 5.82 Å². The summed E-state index contributed by atoms with van der Waals surface area (Å²) in [6, 6.07) is 11.9. The lowest BCUT2D eigenvalue weighted by Crippen LogP contribution is -2.26. The number of rotatable bonds is 6. The highest BCUT2D eigenvalue weighted by atomic mass is 32.2. The van der Waals surface area contributed by atoms with Gasteiger partial charge >= 0.3 is 0 Å². The number of halogens is 1. The highest BCUT2D eigenvalue weighted by Crippen LogP contribution is 2.22. The van der Waals surface area contributed by atoms with E-state index in [1.807, 2.05) is 0 Å². The second-order valence-corrected chi connectivity index (χ2v) is 7.41. The summed E-state index contributed by atoms with van der Waals surface area (Å²) in [5.74, 6) is -0.775. The molecule has 2 aromatic carbocycles. The summed E-state index contributed by atoms with van der Waals surface area (Å²) in [5, 5.41) is 2.61. The van der Waals surface area contributed by atoms with Crippen molar-refractivity contribution >= 4 is 15.9 Å². The molecule has 1 saturated carbocycles. The summed E-state index contributed by atoms with van der Waals surface area (Å²) in [6.07, 6.45) is 1.71. The lowest BCUT2D eigenvalue weighted by molar-refractivity contribution is 0.0950. The van der Waals surface area contributed by atoms with Crippen molar-refractivity contribution in [3.05, 3.63) is 65.5 Å². The second-order valence-electron chi connectivity index (χ2n) is 5.69. The first-order valence-electron chi connectivity index (χ1n) is 7.60. The maximum absolute atomic E-state index is 13.5. The lowest BCUT2D eigenvalue weighted by atomic mass is 10.2. The fourth-order valence-electron chi connectivity index (χ4n) is 2.19. The Bertz CT molecular complexity index is 846. The van der Waals surface area contributed by atoms with Gasteiger partial charge in [-0.15, -0.1) is 0 Å². The molecule has 1 amide bonds. The highest BCUT2D eigenvalue weighted by molar-refractivity contribution is 7.89. The number of benzene rings is 2. The second kappa shape index (κ2) is 6.70. The molecule has 7 heteroatoms. The van der Waals surface area contributed by atoms with E-state index in [1.54, 1.807) is 18.2 Å². The molecule has 2 aromatic rings. The van der Waals surface area contributed by atoms with E-state index in [1.165, 1.54) is 30.3 Å². The van der Waals surface area contributed by atoms with Crippen LogP contribution in [0.1, 0.15) is 28.8 Å². The zero-order valence-electron chi connectivity index (χ0n) is 12.8. The molecular weight excluding hydrogens is 331 g/mol.